The summed E-state index contributed by atoms with van der Waals surface area (Å²) in [7, 11) is 0. The van der Waals surface area contributed by atoms with E-state index in [4.69, 9.17) is 14.6 Å². The van der Waals surface area contributed by atoms with Crippen LogP contribution in [0.5, 0.6) is 0 Å². The van der Waals surface area contributed by atoms with E-state index < -0.39 is 12.1 Å². The quantitative estimate of drug-likeness (QED) is 0.463. The Hall–Kier alpha value is -3.39. The van der Waals surface area contributed by atoms with Crippen molar-refractivity contribution < 1.29 is 29.0 Å². The SMILES string of the molecule is O=C(O)CCOCCNC(=O)[C@@H]1CC[C@H](NC(=O)OCC2c3ccccc3-c3ccccc32)C1. The molecule has 180 valence electrons. The van der Waals surface area contributed by atoms with Gasteiger partial charge >= 0.3 is 12.1 Å². The molecule has 2 aromatic rings. The fourth-order valence-corrected chi connectivity index (χ4v) is 4.81. The van der Waals surface area contributed by atoms with Gasteiger partial charge in [-0.15, -0.1) is 0 Å². The van der Waals surface area contributed by atoms with Crippen molar-refractivity contribution in [3.05, 3.63) is 59.7 Å². The van der Waals surface area contributed by atoms with Crippen molar-refractivity contribution in [1.29, 1.82) is 0 Å². The van der Waals surface area contributed by atoms with Gasteiger partial charge in [0.15, 0.2) is 0 Å². The highest BCUT2D eigenvalue weighted by atomic mass is 16.5. The number of hydrogen-bond acceptors (Lipinski definition) is 5. The van der Waals surface area contributed by atoms with E-state index in [2.05, 4.69) is 34.9 Å². The fraction of sp³-hybridized carbons (Fsp3) is 0.423. The summed E-state index contributed by atoms with van der Waals surface area (Å²) >= 11 is 0. The minimum atomic E-state index is -0.912. The molecule has 0 spiro atoms. The zero-order chi connectivity index (χ0) is 23.9. The van der Waals surface area contributed by atoms with Crippen molar-refractivity contribution >= 4 is 18.0 Å². The van der Waals surface area contributed by atoms with Crippen molar-refractivity contribution in [3.63, 3.8) is 0 Å². The first kappa shape index (κ1) is 23.8. The zero-order valence-corrected chi connectivity index (χ0v) is 19.0. The molecule has 2 aliphatic carbocycles. The molecule has 34 heavy (non-hydrogen) atoms. The third-order valence-corrected chi connectivity index (χ3v) is 6.47. The summed E-state index contributed by atoms with van der Waals surface area (Å²) in [4.78, 5) is 35.3. The third kappa shape index (κ3) is 5.75. The Kier molecular flexibility index (Phi) is 7.80. The molecule has 2 aliphatic rings. The van der Waals surface area contributed by atoms with Gasteiger partial charge in [-0.25, -0.2) is 4.79 Å². The summed E-state index contributed by atoms with van der Waals surface area (Å²) in [5.41, 5.74) is 4.70. The molecule has 4 rings (SSSR count). The van der Waals surface area contributed by atoms with Gasteiger partial charge in [0.25, 0.3) is 0 Å². The Balaban J connectivity index is 1.19. The minimum Gasteiger partial charge on any atom is -0.481 e. The molecule has 0 aromatic heterocycles. The molecular formula is C26H30N2O6. The van der Waals surface area contributed by atoms with E-state index in [-0.39, 0.29) is 50.0 Å². The Morgan fingerprint density at radius 3 is 2.29 bits per heavy atom. The fourth-order valence-electron chi connectivity index (χ4n) is 4.81. The molecule has 0 unspecified atom stereocenters. The van der Waals surface area contributed by atoms with E-state index in [1.807, 2.05) is 24.3 Å². The summed E-state index contributed by atoms with van der Waals surface area (Å²) in [6, 6.07) is 16.3. The molecule has 2 atom stereocenters. The first-order chi connectivity index (χ1) is 16.5. The predicted molar refractivity (Wildman–Crippen MR) is 125 cm³/mol. The van der Waals surface area contributed by atoms with Gasteiger partial charge in [-0.3, -0.25) is 9.59 Å². The number of hydrogen-bond donors (Lipinski definition) is 3. The summed E-state index contributed by atoms with van der Waals surface area (Å²) in [5.74, 6) is -1.14. The van der Waals surface area contributed by atoms with Gasteiger partial charge in [0.2, 0.25) is 5.91 Å². The van der Waals surface area contributed by atoms with E-state index in [9.17, 15) is 14.4 Å². The molecular weight excluding hydrogens is 436 g/mol. The molecule has 0 radical (unpaired) electrons. The molecule has 1 fully saturated rings. The van der Waals surface area contributed by atoms with Crippen LogP contribution in [-0.4, -0.2) is 55.5 Å². The van der Waals surface area contributed by atoms with E-state index in [0.717, 1.165) is 6.42 Å². The molecule has 1 saturated carbocycles. The highest BCUT2D eigenvalue weighted by molar-refractivity contribution is 5.80. The summed E-state index contributed by atoms with van der Waals surface area (Å²) in [6.07, 6.45) is 1.47. The monoisotopic (exact) mass is 466 g/mol. The number of amides is 2. The number of alkyl carbamates (subject to hydrolysis) is 1. The number of ether oxygens (including phenoxy) is 2. The maximum Gasteiger partial charge on any atom is 0.407 e. The lowest BCUT2D eigenvalue weighted by Crippen LogP contribution is -2.36. The number of carbonyl (C=O) groups excluding carboxylic acids is 2. The van der Waals surface area contributed by atoms with Crippen LogP contribution in [0.15, 0.2) is 48.5 Å². The van der Waals surface area contributed by atoms with Crippen molar-refractivity contribution in [1.82, 2.24) is 10.6 Å². The van der Waals surface area contributed by atoms with Gasteiger partial charge in [-0.2, -0.15) is 0 Å². The predicted octanol–water partition coefficient (Wildman–Crippen LogP) is 3.30. The Morgan fingerprint density at radius 1 is 0.941 bits per heavy atom. The van der Waals surface area contributed by atoms with Crippen LogP contribution in [0.1, 0.15) is 42.7 Å². The molecule has 2 amide bonds. The Bertz CT molecular complexity index is 994. The second-order valence-electron chi connectivity index (χ2n) is 8.72. The lowest BCUT2D eigenvalue weighted by molar-refractivity contribution is -0.138. The lowest BCUT2D eigenvalue weighted by Gasteiger charge is -2.17. The summed E-state index contributed by atoms with van der Waals surface area (Å²) in [6.45, 7) is 0.992. The maximum atomic E-state index is 12.5. The van der Waals surface area contributed by atoms with Crippen LogP contribution < -0.4 is 10.6 Å². The van der Waals surface area contributed by atoms with Gasteiger partial charge < -0.3 is 25.2 Å². The number of aliphatic carboxylic acids is 1. The molecule has 3 N–H and O–H groups in total. The smallest absolute Gasteiger partial charge is 0.407 e. The first-order valence-corrected chi connectivity index (χ1v) is 11.7. The number of fused-ring (bicyclic) bond motifs is 3. The highest BCUT2D eigenvalue weighted by Crippen LogP contribution is 2.44. The van der Waals surface area contributed by atoms with Crippen molar-refractivity contribution in [2.24, 2.45) is 5.92 Å². The molecule has 0 saturated heterocycles. The average Bonchev–Trinajstić information content (AvgIpc) is 3.42. The first-order valence-electron chi connectivity index (χ1n) is 11.7. The Morgan fingerprint density at radius 2 is 1.62 bits per heavy atom. The average molecular weight is 467 g/mol. The number of carboxylic acid groups (broad SMARTS) is 1. The minimum absolute atomic E-state index is 0.0120. The number of benzene rings is 2. The number of carbonyl (C=O) groups is 3. The topological polar surface area (TPSA) is 114 Å². The van der Waals surface area contributed by atoms with Crippen LogP contribution in [0.25, 0.3) is 11.1 Å². The summed E-state index contributed by atoms with van der Waals surface area (Å²) in [5, 5.41) is 14.3. The third-order valence-electron chi connectivity index (χ3n) is 6.47. The number of carboxylic acids is 1. The standard InChI is InChI=1S/C26H30N2O6/c29-24(30)11-13-33-14-12-27-25(31)17-9-10-18(15-17)28-26(32)34-16-23-21-7-3-1-5-19(21)20-6-2-4-8-22(20)23/h1-8,17-18,23H,9-16H2,(H,27,31)(H,28,32)(H,29,30)/t17-,18+/m1/s1. The number of nitrogens with one attached hydrogen (secondary N) is 2. The van der Waals surface area contributed by atoms with Crippen LogP contribution in [-0.2, 0) is 19.1 Å². The van der Waals surface area contributed by atoms with E-state index in [1.165, 1.54) is 22.3 Å². The van der Waals surface area contributed by atoms with Gasteiger partial charge in [-0.05, 0) is 41.5 Å². The summed E-state index contributed by atoms with van der Waals surface area (Å²) < 4.78 is 10.8. The van der Waals surface area contributed by atoms with Crippen LogP contribution in [0.3, 0.4) is 0 Å². The molecule has 0 heterocycles. The largest absolute Gasteiger partial charge is 0.481 e. The van der Waals surface area contributed by atoms with Gasteiger partial charge in [0.1, 0.15) is 6.61 Å². The van der Waals surface area contributed by atoms with Gasteiger partial charge in [-0.1, -0.05) is 48.5 Å². The van der Waals surface area contributed by atoms with Crippen molar-refractivity contribution in [2.75, 3.05) is 26.4 Å². The lowest BCUT2D eigenvalue weighted by atomic mass is 9.98. The van der Waals surface area contributed by atoms with Crippen LogP contribution in [0, 0.1) is 5.92 Å². The second kappa shape index (κ2) is 11.2. The van der Waals surface area contributed by atoms with E-state index in [0.29, 0.717) is 19.4 Å². The van der Waals surface area contributed by atoms with Gasteiger partial charge in [0, 0.05) is 24.4 Å². The molecule has 0 aliphatic heterocycles. The van der Waals surface area contributed by atoms with E-state index in [1.54, 1.807) is 0 Å². The highest BCUT2D eigenvalue weighted by Gasteiger charge is 2.32. The van der Waals surface area contributed by atoms with E-state index >= 15 is 0 Å². The van der Waals surface area contributed by atoms with Crippen LogP contribution >= 0.6 is 0 Å². The maximum absolute atomic E-state index is 12.5. The van der Waals surface area contributed by atoms with Crippen LogP contribution in [0.4, 0.5) is 4.79 Å². The molecule has 2 aromatic carbocycles. The molecule has 8 nitrogen and oxygen atoms in total. The van der Waals surface area contributed by atoms with Crippen molar-refractivity contribution in [2.45, 2.75) is 37.6 Å². The van der Waals surface area contributed by atoms with Gasteiger partial charge in [0.05, 0.1) is 19.6 Å². The molecule has 0 bridgehead atoms. The second-order valence-corrected chi connectivity index (χ2v) is 8.72. The zero-order valence-electron chi connectivity index (χ0n) is 19.0. The Labute approximate surface area is 198 Å². The number of rotatable bonds is 10. The van der Waals surface area contributed by atoms with Crippen LogP contribution in [0.2, 0.25) is 0 Å². The normalized spacial score (nSPS) is 18.7. The van der Waals surface area contributed by atoms with Crippen molar-refractivity contribution in [3.8, 4) is 11.1 Å². The molecule has 8 heteroatoms.